The third-order valence-electron chi connectivity index (χ3n) is 1.90. The van der Waals surface area contributed by atoms with E-state index in [2.05, 4.69) is 20.6 Å². The number of aliphatic hydroxyl groups excluding tert-OH is 1. The second kappa shape index (κ2) is 6.19. The standard InChI is InChI=1S/C9H15FN4O2/c1-11-9-12-3-7(10)8(14-9)13-6(4-15)5-16-2/h3,6,15H,4-5H2,1-2H3,(H2,11,12,13,14). The molecule has 1 atom stereocenters. The molecule has 0 saturated heterocycles. The Morgan fingerprint density at radius 2 is 2.38 bits per heavy atom. The molecule has 0 aromatic carbocycles. The lowest BCUT2D eigenvalue weighted by Crippen LogP contribution is -2.29. The van der Waals surface area contributed by atoms with Crippen LogP contribution in [0.2, 0.25) is 0 Å². The van der Waals surface area contributed by atoms with Gasteiger partial charge in [0.05, 0.1) is 25.5 Å². The lowest BCUT2D eigenvalue weighted by molar-refractivity contribution is 0.153. The van der Waals surface area contributed by atoms with Gasteiger partial charge in [-0.15, -0.1) is 0 Å². The van der Waals surface area contributed by atoms with Crippen LogP contribution in [0.15, 0.2) is 6.20 Å². The molecule has 0 saturated carbocycles. The van der Waals surface area contributed by atoms with E-state index in [1.165, 1.54) is 7.11 Å². The van der Waals surface area contributed by atoms with E-state index in [0.717, 1.165) is 6.20 Å². The number of hydrogen-bond donors (Lipinski definition) is 3. The number of aliphatic hydroxyl groups is 1. The predicted molar refractivity (Wildman–Crippen MR) is 57.9 cm³/mol. The molecule has 0 radical (unpaired) electrons. The van der Waals surface area contributed by atoms with Crippen LogP contribution >= 0.6 is 0 Å². The van der Waals surface area contributed by atoms with E-state index in [0.29, 0.717) is 5.95 Å². The smallest absolute Gasteiger partial charge is 0.224 e. The first-order chi connectivity index (χ1) is 7.71. The topological polar surface area (TPSA) is 79.3 Å². The minimum absolute atomic E-state index is 0.0375. The molecule has 1 aromatic rings. The number of anilines is 2. The van der Waals surface area contributed by atoms with Gasteiger partial charge in [-0.3, -0.25) is 0 Å². The molecule has 0 spiro atoms. The molecule has 0 fully saturated rings. The van der Waals surface area contributed by atoms with Crippen molar-refractivity contribution in [3.8, 4) is 0 Å². The van der Waals surface area contributed by atoms with E-state index in [9.17, 15) is 4.39 Å². The second-order valence-corrected chi connectivity index (χ2v) is 3.12. The van der Waals surface area contributed by atoms with Gasteiger partial charge in [-0.25, -0.2) is 9.37 Å². The summed E-state index contributed by atoms with van der Waals surface area (Å²) in [7, 11) is 3.13. The quantitative estimate of drug-likeness (QED) is 0.642. The van der Waals surface area contributed by atoms with E-state index < -0.39 is 11.9 Å². The molecule has 0 amide bonds. The zero-order valence-corrected chi connectivity index (χ0v) is 9.20. The Labute approximate surface area is 92.9 Å². The van der Waals surface area contributed by atoms with Crippen LogP contribution < -0.4 is 10.6 Å². The predicted octanol–water partition coefficient (Wildman–Crippen LogP) is 0.0766. The number of methoxy groups -OCH3 is 1. The van der Waals surface area contributed by atoms with Crippen LogP contribution in [0, 0.1) is 5.82 Å². The van der Waals surface area contributed by atoms with Crippen LogP contribution in [0.5, 0.6) is 0 Å². The molecule has 1 aromatic heterocycles. The lowest BCUT2D eigenvalue weighted by atomic mass is 10.3. The number of nitrogens with zero attached hydrogens (tertiary/aromatic N) is 2. The average Bonchev–Trinajstić information content (AvgIpc) is 2.31. The van der Waals surface area contributed by atoms with Crippen LogP contribution in [0.1, 0.15) is 0 Å². The summed E-state index contributed by atoms with van der Waals surface area (Å²) in [5.41, 5.74) is 0. The summed E-state index contributed by atoms with van der Waals surface area (Å²) in [4.78, 5) is 7.59. The fraction of sp³-hybridized carbons (Fsp3) is 0.556. The lowest BCUT2D eigenvalue weighted by Gasteiger charge is -2.16. The third-order valence-corrected chi connectivity index (χ3v) is 1.90. The number of halogens is 1. The van der Waals surface area contributed by atoms with Gasteiger partial charge in [0, 0.05) is 14.2 Å². The first-order valence-electron chi connectivity index (χ1n) is 4.77. The molecule has 0 aliphatic rings. The summed E-state index contributed by atoms with van der Waals surface area (Å²) in [5, 5.41) is 14.4. The fourth-order valence-electron chi connectivity index (χ4n) is 1.12. The van der Waals surface area contributed by atoms with Crippen molar-refractivity contribution in [1.29, 1.82) is 0 Å². The number of nitrogens with one attached hydrogen (secondary N) is 2. The maximum atomic E-state index is 13.3. The maximum absolute atomic E-state index is 13.3. The fourth-order valence-corrected chi connectivity index (χ4v) is 1.12. The minimum atomic E-state index is -0.575. The number of aromatic nitrogens is 2. The van der Waals surface area contributed by atoms with Crippen molar-refractivity contribution in [1.82, 2.24) is 9.97 Å². The first kappa shape index (κ1) is 12.6. The number of ether oxygens (including phenoxy) is 1. The highest BCUT2D eigenvalue weighted by atomic mass is 19.1. The van der Waals surface area contributed by atoms with Gasteiger partial charge in [0.15, 0.2) is 11.6 Å². The summed E-state index contributed by atoms with van der Waals surface area (Å²) in [6.45, 7) is 0.0843. The van der Waals surface area contributed by atoms with Gasteiger partial charge in [-0.1, -0.05) is 0 Å². The second-order valence-electron chi connectivity index (χ2n) is 3.12. The van der Waals surface area contributed by atoms with Crippen LogP contribution in [0.3, 0.4) is 0 Å². The van der Waals surface area contributed by atoms with Crippen molar-refractivity contribution in [3.05, 3.63) is 12.0 Å². The zero-order valence-electron chi connectivity index (χ0n) is 9.20. The van der Waals surface area contributed by atoms with Crippen molar-refractivity contribution in [2.24, 2.45) is 0 Å². The summed E-state index contributed by atoms with van der Waals surface area (Å²) < 4.78 is 18.2. The third kappa shape index (κ3) is 3.28. The summed E-state index contributed by atoms with van der Waals surface area (Å²) in [5.74, 6) is -0.234. The normalized spacial score (nSPS) is 12.2. The molecule has 1 unspecified atom stereocenters. The van der Waals surface area contributed by atoms with Gasteiger partial charge in [-0.05, 0) is 0 Å². The molecular formula is C9H15FN4O2. The van der Waals surface area contributed by atoms with Crippen molar-refractivity contribution in [2.75, 3.05) is 38.0 Å². The van der Waals surface area contributed by atoms with Crippen molar-refractivity contribution < 1.29 is 14.2 Å². The molecule has 90 valence electrons. The molecule has 1 rings (SSSR count). The zero-order chi connectivity index (χ0) is 12.0. The molecule has 6 nitrogen and oxygen atoms in total. The monoisotopic (exact) mass is 230 g/mol. The van der Waals surface area contributed by atoms with Gasteiger partial charge in [0.2, 0.25) is 5.95 Å². The van der Waals surface area contributed by atoms with Crippen molar-refractivity contribution in [2.45, 2.75) is 6.04 Å². The first-order valence-corrected chi connectivity index (χ1v) is 4.77. The van der Waals surface area contributed by atoms with Crippen LogP contribution in [-0.4, -0.2) is 48.5 Å². The Bertz CT molecular complexity index is 337. The average molecular weight is 230 g/mol. The molecule has 3 N–H and O–H groups in total. The van der Waals surface area contributed by atoms with E-state index >= 15 is 0 Å². The van der Waals surface area contributed by atoms with Crippen molar-refractivity contribution in [3.63, 3.8) is 0 Å². The van der Waals surface area contributed by atoms with E-state index in [-0.39, 0.29) is 19.0 Å². The molecule has 7 heteroatoms. The summed E-state index contributed by atoms with van der Waals surface area (Å²) in [6, 6.07) is -0.404. The van der Waals surface area contributed by atoms with Crippen LogP contribution in [0.4, 0.5) is 16.2 Å². The molecule has 1 heterocycles. The van der Waals surface area contributed by atoms with Gasteiger partial charge in [0.1, 0.15) is 0 Å². The van der Waals surface area contributed by atoms with Gasteiger partial charge < -0.3 is 20.5 Å². The van der Waals surface area contributed by atoms with Crippen LogP contribution in [-0.2, 0) is 4.74 Å². The van der Waals surface area contributed by atoms with E-state index in [1.807, 2.05) is 0 Å². The van der Waals surface area contributed by atoms with E-state index in [4.69, 9.17) is 9.84 Å². The SMILES string of the molecule is CNc1ncc(F)c(NC(CO)COC)n1. The summed E-state index contributed by atoms with van der Waals surface area (Å²) in [6.07, 6.45) is 1.06. The highest BCUT2D eigenvalue weighted by molar-refractivity contribution is 5.41. The van der Waals surface area contributed by atoms with Gasteiger partial charge in [-0.2, -0.15) is 4.98 Å². The Balaban J connectivity index is 2.77. The van der Waals surface area contributed by atoms with Crippen LogP contribution in [0.25, 0.3) is 0 Å². The molecule has 0 aliphatic carbocycles. The highest BCUT2D eigenvalue weighted by Gasteiger charge is 2.12. The maximum Gasteiger partial charge on any atom is 0.224 e. The molecule has 16 heavy (non-hydrogen) atoms. The number of hydrogen-bond acceptors (Lipinski definition) is 6. The Morgan fingerprint density at radius 1 is 1.62 bits per heavy atom. The van der Waals surface area contributed by atoms with E-state index in [1.54, 1.807) is 7.05 Å². The minimum Gasteiger partial charge on any atom is -0.394 e. The Kier molecular flexibility index (Phi) is 4.87. The van der Waals surface area contributed by atoms with Gasteiger partial charge >= 0.3 is 0 Å². The highest BCUT2D eigenvalue weighted by Crippen LogP contribution is 2.12. The summed E-state index contributed by atoms with van der Waals surface area (Å²) >= 11 is 0. The Morgan fingerprint density at radius 3 is 2.94 bits per heavy atom. The Hall–Kier alpha value is -1.47. The molecular weight excluding hydrogens is 215 g/mol. The number of rotatable bonds is 6. The van der Waals surface area contributed by atoms with Crippen molar-refractivity contribution >= 4 is 11.8 Å². The van der Waals surface area contributed by atoms with Gasteiger partial charge in [0.25, 0.3) is 0 Å². The molecule has 0 bridgehead atoms. The molecule has 0 aliphatic heterocycles. The largest absolute Gasteiger partial charge is 0.394 e.